The molecule has 1 heterocycles. The summed E-state index contributed by atoms with van der Waals surface area (Å²) in [6.07, 6.45) is 1.97. The number of carbonyl (C=O) groups is 1. The van der Waals surface area contributed by atoms with Gasteiger partial charge in [-0.1, -0.05) is 12.1 Å². The molecule has 1 aromatic heterocycles. The van der Waals surface area contributed by atoms with E-state index in [-0.39, 0.29) is 24.4 Å². The van der Waals surface area contributed by atoms with E-state index in [1.807, 2.05) is 13.8 Å². The third kappa shape index (κ3) is 2.88. The highest BCUT2D eigenvalue weighted by atomic mass is 19.1. The lowest BCUT2D eigenvalue weighted by molar-refractivity contribution is 0.0707. The predicted octanol–water partition coefficient (Wildman–Crippen LogP) is 2.83. The predicted molar refractivity (Wildman–Crippen MR) is 86.3 cm³/mol. The molecular formula is C18H21FN2O2. The molecular weight excluding hydrogens is 295 g/mol. The van der Waals surface area contributed by atoms with Gasteiger partial charge < -0.3 is 14.6 Å². The third-order valence-corrected chi connectivity index (χ3v) is 4.34. The number of hydrogen-bond acceptors (Lipinski definition) is 2. The molecule has 3 rings (SSSR count). The summed E-state index contributed by atoms with van der Waals surface area (Å²) in [6, 6.07) is 8.58. The smallest absolute Gasteiger partial charge is 0.256 e. The van der Waals surface area contributed by atoms with Gasteiger partial charge in [-0.15, -0.1) is 0 Å². The fourth-order valence-corrected chi connectivity index (χ4v) is 3.08. The Hall–Kier alpha value is -2.14. The minimum absolute atomic E-state index is 0.0473. The largest absolute Gasteiger partial charge is 0.395 e. The highest BCUT2D eigenvalue weighted by Gasteiger charge is 2.34. The Balaban J connectivity index is 2.00. The van der Waals surface area contributed by atoms with Crippen LogP contribution < -0.4 is 0 Å². The Bertz CT molecular complexity index is 735. The van der Waals surface area contributed by atoms with Gasteiger partial charge in [0.2, 0.25) is 0 Å². The summed E-state index contributed by atoms with van der Waals surface area (Å²) < 4.78 is 15.9. The fourth-order valence-electron chi connectivity index (χ4n) is 3.08. The Morgan fingerprint density at radius 3 is 2.65 bits per heavy atom. The molecule has 0 spiro atoms. The van der Waals surface area contributed by atoms with E-state index < -0.39 is 0 Å². The van der Waals surface area contributed by atoms with Crippen molar-refractivity contribution in [1.29, 1.82) is 0 Å². The number of aromatic nitrogens is 1. The van der Waals surface area contributed by atoms with Crippen LogP contribution in [0.25, 0.3) is 5.69 Å². The van der Waals surface area contributed by atoms with E-state index in [9.17, 15) is 14.3 Å². The summed E-state index contributed by atoms with van der Waals surface area (Å²) >= 11 is 0. The number of halogens is 1. The first-order valence-corrected chi connectivity index (χ1v) is 7.90. The van der Waals surface area contributed by atoms with Gasteiger partial charge >= 0.3 is 0 Å². The molecule has 0 radical (unpaired) electrons. The molecule has 2 aromatic rings. The van der Waals surface area contributed by atoms with Gasteiger partial charge in [-0.05, 0) is 44.9 Å². The lowest BCUT2D eigenvalue weighted by Crippen LogP contribution is -2.35. The summed E-state index contributed by atoms with van der Waals surface area (Å²) in [7, 11) is 0. The van der Waals surface area contributed by atoms with E-state index >= 15 is 0 Å². The van der Waals surface area contributed by atoms with Crippen LogP contribution in [0.3, 0.4) is 0 Å². The monoisotopic (exact) mass is 316 g/mol. The molecule has 0 saturated heterocycles. The quantitative estimate of drug-likeness (QED) is 0.922. The molecule has 122 valence electrons. The maximum absolute atomic E-state index is 14.1. The summed E-state index contributed by atoms with van der Waals surface area (Å²) in [4.78, 5) is 14.6. The highest BCUT2D eigenvalue weighted by molar-refractivity contribution is 5.96. The van der Waals surface area contributed by atoms with Gasteiger partial charge in [-0.25, -0.2) is 4.39 Å². The van der Waals surface area contributed by atoms with Crippen molar-refractivity contribution < 1.29 is 14.3 Å². The highest BCUT2D eigenvalue weighted by Crippen LogP contribution is 2.30. The van der Waals surface area contributed by atoms with Gasteiger partial charge in [0.15, 0.2) is 0 Å². The van der Waals surface area contributed by atoms with Crippen molar-refractivity contribution >= 4 is 5.91 Å². The van der Waals surface area contributed by atoms with Crippen LogP contribution in [-0.2, 0) is 0 Å². The minimum atomic E-state index is -0.317. The molecule has 1 aliphatic carbocycles. The number of nitrogens with zero attached hydrogens (tertiary/aromatic N) is 2. The molecule has 1 saturated carbocycles. The van der Waals surface area contributed by atoms with Gasteiger partial charge in [-0.3, -0.25) is 4.79 Å². The number of aliphatic hydroxyl groups excluding tert-OH is 1. The number of rotatable bonds is 5. The van der Waals surface area contributed by atoms with E-state index in [0.717, 1.165) is 24.2 Å². The zero-order valence-corrected chi connectivity index (χ0v) is 13.4. The van der Waals surface area contributed by atoms with Gasteiger partial charge in [-0.2, -0.15) is 0 Å². The number of para-hydroxylation sites is 1. The first kappa shape index (κ1) is 15.7. The summed E-state index contributed by atoms with van der Waals surface area (Å²) in [6.45, 7) is 3.99. The molecule has 0 bridgehead atoms. The number of amides is 1. The Morgan fingerprint density at radius 2 is 2.04 bits per heavy atom. The lowest BCUT2D eigenvalue weighted by Gasteiger charge is -2.21. The first-order valence-electron chi connectivity index (χ1n) is 7.90. The van der Waals surface area contributed by atoms with Crippen LogP contribution in [0, 0.1) is 19.7 Å². The topological polar surface area (TPSA) is 45.5 Å². The normalized spacial score (nSPS) is 14.1. The van der Waals surface area contributed by atoms with Crippen LogP contribution >= 0.6 is 0 Å². The van der Waals surface area contributed by atoms with E-state index in [2.05, 4.69) is 0 Å². The van der Waals surface area contributed by atoms with Gasteiger partial charge in [0.05, 0.1) is 17.9 Å². The number of carbonyl (C=O) groups excluding carboxylic acids is 1. The molecule has 5 heteroatoms. The van der Waals surface area contributed by atoms with E-state index in [0.29, 0.717) is 17.8 Å². The van der Waals surface area contributed by atoms with Crippen LogP contribution in [0.2, 0.25) is 0 Å². The number of benzene rings is 1. The van der Waals surface area contributed by atoms with Crippen LogP contribution in [0.5, 0.6) is 0 Å². The molecule has 1 N–H and O–H groups in total. The van der Waals surface area contributed by atoms with E-state index in [4.69, 9.17) is 0 Å². The molecule has 0 aliphatic heterocycles. The number of hydrogen-bond donors (Lipinski definition) is 1. The minimum Gasteiger partial charge on any atom is -0.395 e. The molecule has 1 aliphatic rings. The van der Waals surface area contributed by atoms with Crippen molar-refractivity contribution in [2.24, 2.45) is 0 Å². The van der Waals surface area contributed by atoms with Crippen LogP contribution in [0.4, 0.5) is 4.39 Å². The first-order chi connectivity index (χ1) is 11.0. The number of aliphatic hydroxyl groups is 1. The second kappa shape index (κ2) is 6.16. The molecule has 0 unspecified atom stereocenters. The molecule has 4 nitrogen and oxygen atoms in total. The summed E-state index contributed by atoms with van der Waals surface area (Å²) in [5, 5.41) is 9.20. The van der Waals surface area contributed by atoms with Crippen molar-refractivity contribution in [3.05, 3.63) is 53.1 Å². The van der Waals surface area contributed by atoms with Crippen LogP contribution in [0.1, 0.15) is 34.6 Å². The standard InChI is InChI=1S/C18H21FN2O2/c1-12-11-15(18(23)20(9-10-22)14-7-8-14)13(2)21(12)17-6-4-3-5-16(17)19/h3-6,11,14,22H,7-10H2,1-2H3. The SMILES string of the molecule is Cc1cc(C(=O)N(CCO)C2CC2)c(C)n1-c1ccccc1F. The van der Waals surface area contributed by atoms with Crippen molar-refractivity contribution in [3.8, 4) is 5.69 Å². The van der Waals surface area contributed by atoms with E-state index in [1.54, 1.807) is 33.7 Å². The number of aryl methyl sites for hydroxylation is 1. The van der Waals surface area contributed by atoms with Crippen molar-refractivity contribution in [2.45, 2.75) is 32.7 Å². The Labute approximate surface area is 135 Å². The van der Waals surface area contributed by atoms with Crippen molar-refractivity contribution in [1.82, 2.24) is 9.47 Å². The fraction of sp³-hybridized carbons (Fsp3) is 0.389. The van der Waals surface area contributed by atoms with Gasteiger partial charge in [0, 0.05) is 24.0 Å². The van der Waals surface area contributed by atoms with Crippen molar-refractivity contribution in [2.75, 3.05) is 13.2 Å². The maximum atomic E-state index is 14.1. The maximum Gasteiger partial charge on any atom is 0.256 e. The van der Waals surface area contributed by atoms with E-state index in [1.165, 1.54) is 6.07 Å². The molecule has 1 fully saturated rings. The zero-order valence-electron chi connectivity index (χ0n) is 13.4. The third-order valence-electron chi connectivity index (χ3n) is 4.34. The second-order valence-corrected chi connectivity index (χ2v) is 6.02. The lowest BCUT2D eigenvalue weighted by atomic mass is 10.2. The van der Waals surface area contributed by atoms with Crippen LogP contribution in [0.15, 0.2) is 30.3 Å². The van der Waals surface area contributed by atoms with Gasteiger partial charge in [0.1, 0.15) is 5.82 Å². The molecule has 1 amide bonds. The Kier molecular flexibility index (Phi) is 4.22. The average molecular weight is 316 g/mol. The van der Waals surface area contributed by atoms with Crippen LogP contribution in [-0.4, -0.2) is 39.7 Å². The zero-order chi connectivity index (χ0) is 16.6. The molecule has 1 aromatic carbocycles. The van der Waals surface area contributed by atoms with Crippen molar-refractivity contribution in [3.63, 3.8) is 0 Å². The van der Waals surface area contributed by atoms with Gasteiger partial charge in [0.25, 0.3) is 5.91 Å². The molecule has 23 heavy (non-hydrogen) atoms. The second-order valence-electron chi connectivity index (χ2n) is 6.02. The summed E-state index contributed by atoms with van der Waals surface area (Å²) in [5.41, 5.74) is 2.56. The average Bonchev–Trinajstić information content (AvgIpc) is 3.32. The Morgan fingerprint density at radius 1 is 1.35 bits per heavy atom. The molecule has 0 atom stereocenters. The summed E-state index contributed by atoms with van der Waals surface area (Å²) in [5.74, 6) is -0.403.